The van der Waals surface area contributed by atoms with Gasteiger partial charge in [-0.3, -0.25) is 4.79 Å². The van der Waals surface area contributed by atoms with Gasteiger partial charge in [0.15, 0.2) is 0 Å². The van der Waals surface area contributed by atoms with Crippen molar-refractivity contribution in [3.05, 3.63) is 101 Å². The van der Waals surface area contributed by atoms with Crippen LogP contribution in [0.5, 0.6) is 0 Å². The molecule has 1 unspecified atom stereocenters. The van der Waals surface area contributed by atoms with Crippen molar-refractivity contribution in [1.82, 2.24) is 0 Å². The summed E-state index contributed by atoms with van der Waals surface area (Å²) >= 11 is 0. The first kappa shape index (κ1) is 21.3. The van der Waals surface area contributed by atoms with Gasteiger partial charge in [-0.15, -0.1) is 4.58 Å². The third-order valence-electron chi connectivity index (χ3n) is 5.08. The zero-order valence-corrected chi connectivity index (χ0v) is 16.8. The maximum Gasteiger partial charge on any atom is 0.416 e. The molecule has 0 saturated heterocycles. The molecule has 158 valence electrons. The summed E-state index contributed by atoms with van der Waals surface area (Å²) in [4.78, 5) is 25.4. The van der Waals surface area contributed by atoms with E-state index in [1.54, 1.807) is 24.3 Å². The van der Waals surface area contributed by atoms with Crippen molar-refractivity contribution >= 4 is 23.6 Å². The molecular weight excluding hydrogens is 415 g/mol. The molecule has 0 aromatic heterocycles. The van der Waals surface area contributed by atoms with Crippen molar-refractivity contribution in [3.8, 4) is 11.8 Å². The van der Waals surface area contributed by atoms with E-state index in [4.69, 9.17) is 0 Å². The number of amides is 1. The Bertz CT molecular complexity index is 1280. The third kappa shape index (κ3) is 4.68. The van der Waals surface area contributed by atoms with Crippen LogP contribution in [0.3, 0.4) is 0 Å². The lowest BCUT2D eigenvalue weighted by atomic mass is 9.90. The van der Waals surface area contributed by atoms with Crippen molar-refractivity contribution in [2.75, 3.05) is 0 Å². The van der Waals surface area contributed by atoms with E-state index in [1.807, 2.05) is 30.3 Å². The summed E-state index contributed by atoms with van der Waals surface area (Å²) in [7, 11) is 0. The first-order chi connectivity index (χ1) is 15.3. The van der Waals surface area contributed by atoms with Gasteiger partial charge in [0.05, 0.1) is 5.56 Å². The number of ketones is 1. The Morgan fingerprint density at radius 3 is 2.16 bits per heavy atom. The second-order valence-corrected chi connectivity index (χ2v) is 7.35. The van der Waals surface area contributed by atoms with Gasteiger partial charge in [0.25, 0.3) is 0 Å². The Morgan fingerprint density at radius 2 is 1.47 bits per heavy atom. The number of benzene rings is 3. The van der Waals surface area contributed by atoms with E-state index in [9.17, 15) is 22.8 Å². The molecule has 3 nitrogen and oxygen atoms in total. The quantitative estimate of drug-likeness (QED) is 0.417. The highest BCUT2D eigenvalue weighted by molar-refractivity contribution is 6.28. The van der Waals surface area contributed by atoms with Gasteiger partial charge in [0.2, 0.25) is 17.7 Å². The summed E-state index contributed by atoms with van der Waals surface area (Å²) in [5.74, 6) is 4.60. The summed E-state index contributed by atoms with van der Waals surface area (Å²) in [5, 5.41) is 0. The summed E-state index contributed by atoms with van der Waals surface area (Å²) in [5.41, 5.74) is 1.21. The number of hydrogen-bond acceptors (Lipinski definition) is 2. The third-order valence-corrected chi connectivity index (χ3v) is 5.08. The zero-order valence-electron chi connectivity index (χ0n) is 16.8. The number of carbonyl (C=O) groups excluding carboxylic acids is 2. The largest absolute Gasteiger partial charge is 0.416 e. The Hall–Kier alpha value is -3.98. The van der Waals surface area contributed by atoms with Crippen molar-refractivity contribution in [3.63, 3.8) is 0 Å². The van der Waals surface area contributed by atoms with E-state index in [1.165, 1.54) is 22.9 Å². The molecule has 0 aliphatic carbocycles. The SMILES string of the molecule is O=C1C=[N+](c2cccc(C#Cc3cccc(C(F)(F)F)c3)c2)C(=O)C(c2ccccc2)C1. The van der Waals surface area contributed by atoms with Gasteiger partial charge in [0, 0.05) is 29.7 Å². The highest BCUT2D eigenvalue weighted by Crippen LogP contribution is 2.30. The summed E-state index contributed by atoms with van der Waals surface area (Å²) in [6.45, 7) is 0. The van der Waals surface area contributed by atoms with E-state index in [-0.39, 0.29) is 23.7 Å². The average molecular weight is 432 g/mol. The van der Waals surface area contributed by atoms with Crippen LogP contribution < -0.4 is 0 Å². The smallest absolute Gasteiger partial charge is 0.288 e. The fourth-order valence-electron chi connectivity index (χ4n) is 3.52. The van der Waals surface area contributed by atoms with Gasteiger partial charge in [-0.25, -0.2) is 4.79 Å². The van der Waals surface area contributed by atoms with Gasteiger partial charge in [0.1, 0.15) is 5.92 Å². The molecule has 6 heteroatoms. The predicted molar refractivity (Wildman–Crippen MR) is 114 cm³/mol. The van der Waals surface area contributed by atoms with Crippen molar-refractivity contribution in [1.29, 1.82) is 0 Å². The highest BCUT2D eigenvalue weighted by Gasteiger charge is 2.38. The molecule has 0 radical (unpaired) electrons. The topological polar surface area (TPSA) is 37.1 Å². The normalized spacial score (nSPS) is 16.2. The van der Waals surface area contributed by atoms with Gasteiger partial charge in [-0.2, -0.15) is 13.2 Å². The van der Waals surface area contributed by atoms with E-state index in [0.29, 0.717) is 11.3 Å². The molecule has 0 saturated carbocycles. The molecular formula is C26H17F3NO2+. The molecule has 32 heavy (non-hydrogen) atoms. The molecule has 0 spiro atoms. The first-order valence-electron chi connectivity index (χ1n) is 9.86. The van der Waals surface area contributed by atoms with Crippen LogP contribution in [0.2, 0.25) is 0 Å². The minimum absolute atomic E-state index is 0.106. The van der Waals surface area contributed by atoms with E-state index in [2.05, 4.69) is 11.8 Å². The second-order valence-electron chi connectivity index (χ2n) is 7.35. The highest BCUT2D eigenvalue weighted by atomic mass is 19.4. The minimum atomic E-state index is -4.44. The van der Waals surface area contributed by atoms with E-state index in [0.717, 1.165) is 17.7 Å². The van der Waals surface area contributed by atoms with Gasteiger partial charge >= 0.3 is 12.1 Å². The standard InChI is InChI=1S/C26H17F3NO2/c27-26(28,29)21-10-4-6-18(14-21)12-13-19-7-5-11-22(15-19)30-17-23(31)16-24(25(30)32)20-8-2-1-3-9-20/h1-11,14-15,17,24H,16H2/q+1. The van der Waals surface area contributed by atoms with Crippen molar-refractivity contribution in [2.24, 2.45) is 0 Å². The maximum absolute atomic E-state index is 13.1. The lowest BCUT2D eigenvalue weighted by molar-refractivity contribution is -0.366. The summed E-state index contributed by atoms with van der Waals surface area (Å²) in [6, 6.07) is 20.6. The average Bonchev–Trinajstić information content (AvgIpc) is 2.79. The van der Waals surface area contributed by atoms with Crippen LogP contribution in [0.4, 0.5) is 18.9 Å². The molecule has 4 rings (SSSR count). The number of alkyl halides is 3. The van der Waals surface area contributed by atoms with Crippen LogP contribution >= 0.6 is 0 Å². The van der Waals surface area contributed by atoms with Crippen LogP contribution in [0, 0.1) is 11.8 Å². The number of rotatable bonds is 2. The van der Waals surface area contributed by atoms with Gasteiger partial charge in [-0.1, -0.05) is 54.3 Å². The summed E-state index contributed by atoms with van der Waals surface area (Å²) < 4.78 is 40.0. The van der Waals surface area contributed by atoms with Gasteiger partial charge in [-0.05, 0) is 29.8 Å². The van der Waals surface area contributed by atoms with Gasteiger partial charge < -0.3 is 0 Å². The van der Waals surface area contributed by atoms with Crippen LogP contribution in [0.1, 0.15) is 34.6 Å². The molecule has 1 aliphatic heterocycles. The van der Waals surface area contributed by atoms with Crippen LogP contribution in [-0.4, -0.2) is 22.5 Å². The monoisotopic (exact) mass is 432 g/mol. The van der Waals surface area contributed by atoms with Crippen molar-refractivity contribution < 1.29 is 27.3 Å². The Kier molecular flexibility index (Phi) is 5.74. The molecule has 3 aromatic carbocycles. The second kappa shape index (κ2) is 8.64. The minimum Gasteiger partial charge on any atom is -0.288 e. The number of hydrogen-bond donors (Lipinski definition) is 0. The molecule has 1 amide bonds. The van der Waals surface area contributed by atoms with Crippen molar-refractivity contribution in [2.45, 2.75) is 18.5 Å². The first-order valence-corrected chi connectivity index (χ1v) is 9.86. The maximum atomic E-state index is 13.1. The zero-order chi connectivity index (χ0) is 22.7. The summed E-state index contributed by atoms with van der Waals surface area (Å²) in [6.07, 6.45) is -3.06. The number of nitrogens with zero attached hydrogens (tertiary/aromatic N) is 1. The van der Waals surface area contributed by atoms with E-state index < -0.39 is 17.7 Å². The molecule has 1 atom stereocenters. The lowest BCUT2D eigenvalue weighted by Gasteiger charge is -2.15. The molecule has 1 aliphatic rings. The fraction of sp³-hybridized carbons (Fsp3) is 0.115. The number of halogens is 3. The number of carbonyl (C=O) groups is 2. The molecule has 3 aromatic rings. The molecule has 0 N–H and O–H groups in total. The Morgan fingerprint density at radius 1 is 0.812 bits per heavy atom. The molecule has 0 bridgehead atoms. The van der Waals surface area contributed by atoms with Crippen LogP contribution in [-0.2, 0) is 15.8 Å². The predicted octanol–water partition coefficient (Wildman–Crippen LogP) is 5.10. The Labute approximate surface area is 182 Å². The lowest BCUT2D eigenvalue weighted by Crippen LogP contribution is -2.33. The number of Topliss-reactive ketones (excluding diaryl/α,β-unsaturated/α-hetero) is 1. The Balaban J connectivity index is 1.63. The fourth-order valence-corrected chi connectivity index (χ4v) is 3.52. The molecule has 0 fully saturated rings. The molecule has 1 heterocycles. The van der Waals surface area contributed by atoms with Crippen LogP contribution in [0.25, 0.3) is 0 Å². The van der Waals surface area contributed by atoms with Crippen LogP contribution in [0.15, 0.2) is 78.9 Å². The van der Waals surface area contributed by atoms with E-state index >= 15 is 0 Å².